The van der Waals surface area contributed by atoms with Crippen molar-refractivity contribution in [3.63, 3.8) is 0 Å². The highest BCUT2D eigenvalue weighted by Gasteiger charge is 2.14. The highest BCUT2D eigenvalue weighted by molar-refractivity contribution is 5.27. The van der Waals surface area contributed by atoms with Crippen LogP contribution in [0.25, 0.3) is 0 Å². The largest absolute Gasteiger partial charge is 0.336 e. The van der Waals surface area contributed by atoms with Crippen molar-refractivity contribution < 1.29 is 0 Å². The summed E-state index contributed by atoms with van der Waals surface area (Å²) >= 11 is 0. The van der Waals surface area contributed by atoms with Crippen molar-refractivity contribution in [3.05, 3.63) is 53.6 Å². The number of hydrogen-bond donors (Lipinski definition) is 2. The number of nitrogens with zero attached hydrogens (tertiary/aromatic N) is 2. The average molecular weight is 230 g/mol. The second-order valence-electron chi connectivity index (χ2n) is 4.28. The Hall–Kier alpha value is -1.65. The van der Waals surface area contributed by atoms with Gasteiger partial charge in [-0.3, -0.25) is 11.3 Å². The summed E-state index contributed by atoms with van der Waals surface area (Å²) in [4.78, 5) is 4.12. The molecule has 1 unspecified atom stereocenters. The second kappa shape index (κ2) is 5.12. The van der Waals surface area contributed by atoms with Gasteiger partial charge in [0.05, 0.1) is 18.1 Å². The lowest BCUT2D eigenvalue weighted by Gasteiger charge is -2.17. The standard InChI is InChI=1S/C13H18N4/c1-10-5-3-4-6-11(10)7-12(16-14)13-8-15-9-17(13)2/h3-6,8-9,12,16H,7,14H2,1-2H3. The number of hydrogen-bond acceptors (Lipinski definition) is 3. The summed E-state index contributed by atoms with van der Waals surface area (Å²) < 4.78 is 1.99. The molecule has 0 radical (unpaired) electrons. The van der Waals surface area contributed by atoms with Crippen molar-refractivity contribution in [2.24, 2.45) is 12.9 Å². The van der Waals surface area contributed by atoms with Crippen molar-refractivity contribution in [1.82, 2.24) is 15.0 Å². The first-order valence-electron chi connectivity index (χ1n) is 5.69. The average Bonchev–Trinajstić information content (AvgIpc) is 2.75. The molecular weight excluding hydrogens is 212 g/mol. The third-order valence-corrected chi connectivity index (χ3v) is 3.10. The molecule has 1 heterocycles. The third kappa shape index (κ3) is 2.54. The van der Waals surface area contributed by atoms with E-state index in [-0.39, 0.29) is 6.04 Å². The molecule has 4 heteroatoms. The molecule has 0 spiro atoms. The predicted molar refractivity (Wildman–Crippen MR) is 68.2 cm³/mol. The van der Waals surface area contributed by atoms with Crippen molar-refractivity contribution in [1.29, 1.82) is 0 Å². The first-order valence-corrected chi connectivity index (χ1v) is 5.69. The number of aromatic nitrogens is 2. The molecule has 0 aliphatic carbocycles. The van der Waals surface area contributed by atoms with Gasteiger partial charge >= 0.3 is 0 Å². The van der Waals surface area contributed by atoms with E-state index in [0.29, 0.717) is 0 Å². The lowest BCUT2D eigenvalue weighted by atomic mass is 10.00. The molecule has 4 nitrogen and oxygen atoms in total. The van der Waals surface area contributed by atoms with Crippen LogP contribution in [0, 0.1) is 6.92 Å². The smallest absolute Gasteiger partial charge is 0.0946 e. The van der Waals surface area contributed by atoms with Crippen molar-refractivity contribution >= 4 is 0 Å². The van der Waals surface area contributed by atoms with E-state index in [1.165, 1.54) is 11.1 Å². The first kappa shape index (κ1) is 11.8. The van der Waals surface area contributed by atoms with E-state index in [1.54, 1.807) is 6.33 Å². The number of nitrogens with one attached hydrogen (secondary N) is 1. The molecule has 0 bridgehead atoms. The van der Waals surface area contributed by atoms with Gasteiger partial charge in [-0.2, -0.15) is 0 Å². The van der Waals surface area contributed by atoms with Gasteiger partial charge in [0.1, 0.15) is 0 Å². The van der Waals surface area contributed by atoms with Gasteiger partial charge < -0.3 is 4.57 Å². The van der Waals surface area contributed by atoms with E-state index < -0.39 is 0 Å². The van der Waals surface area contributed by atoms with E-state index in [1.807, 2.05) is 23.9 Å². The van der Waals surface area contributed by atoms with Crippen LogP contribution in [0.2, 0.25) is 0 Å². The minimum absolute atomic E-state index is 0.0867. The van der Waals surface area contributed by atoms with Crippen LogP contribution in [0.4, 0.5) is 0 Å². The summed E-state index contributed by atoms with van der Waals surface area (Å²) in [5.41, 5.74) is 6.54. The van der Waals surface area contributed by atoms with Gasteiger partial charge in [0.15, 0.2) is 0 Å². The molecule has 0 aliphatic rings. The first-order chi connectivity index (χ1) is 8.22. The fraction of sp³-hybridized carbons (Fsp3) is 0.308. The molecule has 0 aliphatic heterocycles. The normalized spacial score (nSPS) is 12.6. The zero-order valence-corrected chi connectivity index (χ0v) is 10.2. The summed E-state index contributed by atoms with van der Waals surface area (Å²) in [7, 11) is 1.98. The lowest BCUT2D eigenvalue weighted by molar-refractivity contribution is 0.521. The fourth-order valence-electron chi connectivity index (χ4n) is 2.01. The third-order valence-electron chi connectivity index (χ3n) is 3.10. The SMILES string of the molecule is Cc1ccccc1CC(NN)c1cncn1C. The number of hydrazine groups is 1. The van der Waals surface area contributed by atoms with E-state index in [9.17, 15) is 0 Å². The van der Waals surface area contributed by atoms with E-state index in [4.69, 9.17) is 5.84 Å². The molecule has 0 fully saturated rings. The van der Waals surface area contributed by atoms with Crippen LogP contribution < -0.4 is 11.3 Å². The quantitative estimate of drug-likeness (QED) is 0.618. The highest BCUT2D eigenvalue weighted by atomic mass is 15.2. The molecule has 3 N–H and O–H groups in total. The topological polar surface area (TPSA) is 55.9 Å². The molecule has 0 saturated carbocycles. The van der Waals surface area contributed by atoms with Gasteiger partial charge in [-0.1, -0.05) is 24.3 Å². The maximum absolute atomic E-state index is 5.64. The maximum Gasteiger partial charge on any atom is 0.0946 e. The van der Waals surface area contributed by atoms with Crippen molar-refractivity contribution in [3.8, 4) is 0 Å². The van der Waals surface area contributed by atoms with Crippen LogP contribution in [-0.2, 0) is 13.5 Å². The Bertz CT molecular complexity index is 490. The van der Waals surface area contributed by atoms with Crippen LogP contribution in [0.3, 0.4) is 0 Å². The number of aryl methyl sites for hydroxylation is 2. The van der Waals surface area contributed by atoms with E-state index in [2.05, 4.69) is 35.5 Å². The Labute approximate surface area is 101 Å². The molecule has 1 atom stereocenters. The molecule has 1 aromatic carbocycles. The summed E-state index contributed by atoms with van der Waals surface area (Å²) in [6, 6.07) is 8.44. The van der Waals surface area contributed by atoms with Crippen LogP contribution in [-0.4, -0.2) is 9.55 Å². The van der Waals surface area contributed by atoms with Gasteiger partial charge in [0.25, 0.3) is 0 Å². The Morgan fingerprint density at radius 1 is 1.41 bits per heavy atom. The number of benzene rings is 1. The molecule has 2 aromatic rings. The number of imidazole rings is 1. The van der Waals surface area contributed by atoms with Crippen LogP contribution in [0.1, 0.15) is 22.9 Å². The van der Waals surface area contributed by atoms with Crippen LogP contribution in [0.5, 0.6) is 0 Å². The molecule has 90 valence electrons. The fourth-order valence-corrected chi connectivity index (χ4v) is 2.01. The molecular formula is C13H18N4. The Balaban J connectivity index is 2.22. The lowest BCUT2D eigenvalue weighted by Crippen LogP contribution is -2.31. The Morgan fingerprint density at radius 2 is 2.18 bits per heavy atom. The summed E-state index contributed by atoms with van der Waals surface area (Å²) in [6.45, 7) is 2.12. The van der Waals surface area contributed by atoms with Crippen molar-refractivity contribution in [2.45, 2.75) is 19.4 Å². The molecule has 17 heavy (non-hydrogen) atoms. The summed E-state index contributed by atoms with van der Waals surface area (Å²) in [5, 5.41) is 0. The summed E-state index contributed by atoms with van der Waals surface area (Å²) in [6.07, 6.45) is 4.50. The van der Waals surface area contributed by atoms with E-state index >= 15 is 0 Å². The maximum atomic E-state index is 5.64. The van der Waals surface area contributed by atoms with Gasteiger partial charge in [-0.15, -0.1) is 0 Å². The van der Waals surface area contributed by atoms with Gasteiger partial charge in [-0.05, 0) is 24.5 Å². The van der Waals surface area contributed by atoms with Gasteiger partial charge in [0, 0.05) is 13.2 Å². The predicted octanol–water partition coefficient (Wildman–Crippen LogP) is 1.48. The van der Waals surface area contributed by atoms with Gasteiger partial charge in [-0.25, -0.2) is 4.98 Å². The van der Waals surface area contributed by atoms with Gasteiger partial charge in [0.2, 0.25) is 0 Å². The Morgan fingerprint density at radius 3 is 2.76 bits per heavy atom. The van der Waals surface area contributed by atoms with Crippen molar-refractivity contribution in [2.75, 3.05) is 0 Å². The summed E-state index contributed by atoms with van der Waals surface area (Å²) in [5.74, 6) is 5.64. The highest BCUT2D eigenvalue weighted by Crippen LogP contribution is 2.18. The zero-order chi connectivity index (χ0) is 12.3. The van der Waals surface area contributed by atoms with Crippen LogP contribution in [0.15, 0.2) is 36.8 Å². The zero-order valence-electron chi connectivity index (χ0n) is 10.2. The van der Waals surface area contributed by atoms with E-state index in [0.717, 1.165) is 12.1 Å². The molecule has 0 saturated heterocycles. The van der Waals surface area contributed by atoms with Crippen LogP contribution >= 0.6 is 0 Å². The molecule has 0 amide bonds. The minimum atomic E-state index is 0.0867. The minimum Gasteiger partial charge on any atom is -0.336 e. The molecule has 1 aromatic heterocycles. The molecule has 2 rings (SSSR count). The number of rotatable bonds is 4. The number of nitrogens with two attached hydrogens (primary N) is 1. The second-order valence-corrected chi connectivity index (χ2v) is 4.28. The monoisotopic (exact) mass is 230 g/mol. The Kier molecular flexibility index (Phi) is 3.56.